The van der Waals surface area contributed by atoms with Crippen LogP contribution in [0.15, 0.2) is 30.3 Å². The number of amides is 2. The summed E-state index contributed by atoms with van der Waals surface area (Å²) < 4.78 is 0. The molecule has 1 unspecified atom stereocenters. The van der Waals surface area contributed by atoms with Gasteiger partial charge in [0.05, 0.1) is 24.2 Å². The van der Waals surface area contributed by atoms with E-state index in [1.165, 1.54) is 0 Å². The predicted molar refractivity (Wildman–Crippen MR) is 106 cm³/mol. The van der Waals surface area contributed by atoms with Crippen molar-refractivity contribution in [2.75, 3.05) is 13.1 Å². The molecule has 1 aromatic carbocycles. The fraction of sp³-hybridized carbons (Fsp3) is 0.591. The van der Waals surface area contributed by atoms with Gasteiger partial charge in [-0.3, -0.25) is 14.5 Å². The number of rotatable bonds is 5. The third-order valence-corrected chi connectivity index (χ3v) is 7.27. The van der Waals surface area contributed by atoms with Crippen LogP contribution < -0.4 is 5.73 Å². The van der Waals surface area contributed by atoms with Gasteiger partial charge in [-0.2, -0.15) is 5.26 Å². The van der Waals surface area contributed by atoms with Gasteiger partial charge in [-0.15, -0.1) is 0 Å². The van der Waals surface area contributed by atoms with Crippen LogP contribution in [0.1, 0.15) is 37.8 Å². The van der Waals surface area contributed by atoms with Crippen LogP contribution in [-0.2, 0) is 9.59 Å². The van der Waals surface area contributed by atoms with Gasteiger partial charge in [0, 0.05) is 25.2 Å². The van der Waals surface area contributed by atoms with E-state index < -0.39 is 6.04 Å². The molecule has 1 saturated carbocycles. The van der Waals surface area contributed by atoms with E-state index in [0.717, 1.165) is 31.4 Å². The van der Waals surface area contributed by atoms with E-state index in [-0.39, 0.29) is 42.0 Å². The third-order valence-electron chi connectivity index (χ3n) is 7.27. The Hall–Kier alpha value is -2.43. The Balaban J connectivity index is 1.23. The van der Waals surface area contributed by atoms with Gasteiger partial charge >= 0.3 is 0 Å². The molecular formula is C22H27N5O2. The summed E-state index contributed by atoms with van der Waals surface area (Å²) in [5.41, 5.74) is 7.41. The molecule has 152 valence electrons. The van der Waals surface area contributed by atoms with Crippen molar-refractivity contribution in [2.24, 2.45) is 11.7 Å². The zero-order chi connectivity index (χ0) is 20.3. The van der Waals surface area contributed by atoms with Gasteiger partial charge in [0.2, 0.25) is 11.8 Å². The van der Waals surface area contributed by atoms with Gasteiger partial charge in [-0.25, -0.2) is 0 Å². The summed E-state index contributed by atoms with van der Waals surface area (Å²) in [7, 11) is 0. The van der Waals surface area contributed by atoms with Gasteiger partial charge in [-0.05, 0) is 37.7 Å². The molecule has 2 N–H and O–H groups in total. The highest BCUT2D eigenvalue weighted by Crippen LogP contribution is 2.48. The number of nitriles is 1. The highest BCUT2D eigenvalue weighted by molar-refractivity contribution is 5.87. The van der Waals surface area contributed by atoms with Crippen LogP contribution in [0.5, 0.6) is 0 Å². The molecule has 7 atom stereocenters. The fourth-order valence-electron chi connectivity index (χ4n) is 5.70. The minimum Gasteiger partial charge on any atom is -0.330 e. The normalized spacial score (nSPS) is 34.8. The lowest BCUT2D eigenvalue weighted by Gasteiger charge is -2.38. The topological polar surface area (TPSA) is 93.7 Å². The molecule has 7 heteroatoms. The SMILES string of the molecule is C[C@H](c1ccccc1)N1C(=O)[C@H]2CC1CN2C[C@H](N)C(=O)N1[C@H](C#N)C[C@@H]2C[C@@H]21. The third kappa shape index (κ3) is 2.93. The standard InChI is InChI=1S/C22H27N5O2/c1-13(14-5-3-2-4-6-14)26-17-9-20(22(26)29)25(11-17)12-18(24)21(28)27-16(10-23)7-15-8-19(15)27/h2-6,13,15-20H,7-9,11-12,24H2,1H3/t13-,15-,16+,17?,18+,19+,20-/m1/s1. The van der Waals surface area contributed by atoms with Gasteiger partial charge in [0.15, 0.2) is 0 Å². The summed E-state index contributed by atoms with van der Waals surface area (Å²) in [6.07, 6.45) is 2.57. The number of piperidine rings is 1. The molecule has 7 nitrogen and oxygen atoms in total. The first-order chi connectivity index (χ1) is 14.0. The molecule has 3 saturated heterocycles. The number of benzene rings is 1. The summed E-state index contributed by atoms with van der Waals surface area (Å²) in [4.78, 5) is 31.8. The van der Waals surface area contributed by atoms with Gasteiger partial charge < -0.3 is 15.5 Å². The Morgan fingerprint density at radius 1 is 1.28 bits per heavy atom. The van der Waals surface area contributed by atoms with Crippen molar-refractivity contribution < 1.29 is 9.59 Å². The van der Waals surface area contributed by atoms with Gasteiger partial charge in [0.25, 0.3) is 0 Å². The number of piperazine rings is 1. The molecule has 2 bridgehead atoms. The Morgan fingerprint density at radius 2 is 2.03 bits per heavy atom. The van der Waals surface area contributed by atoms with E-state index >= 15 is 0 Å². The minimum absolute atomic E-state index is 0.0453. The van der Waals surface area contributed by atoms with Crippen LogP contribution in [0.3, 0.4) is 0 Å². The van der Waals surface area contributed by atoms with Crippen molar-refractivity contribution >= 4 is 11.8 Å². The molecule has 0 aromatic heterocycles. The van der Waals surface area contributed by atoms with Crippen molar-refractivity contribution in [3.8, 4) is 6.07 Å². The summed E-state index contributed by atoms with van der Waals surface area (Å²) >= 11 is 0. The number of nitrogens with zero attached hydrogens (tertiary/aromatic N) is 4. The largest absolute Gasteiger partial charge is 0.330 e. The van der Waals surface area contributed by atoms with E-state index in [4.69, 9.17) is 5.73 Å². The van der Waals surface area contributed by atoms with Crippen LogP contribution in [0, 0.1) is 17.2 Å². The molecule has 1 aromatic rings. The van der Waals surface area contributed by atoms with Crippen molar-refractivity contribution in [3.05, 3.63) is 35.9 Å². The summed E-state index contributed by atoms with van der Waals surface area (Å²) in [5.74, 6) is 0.482. The van der Waals surface area contributed by atoms with E-state index in [2.05, 4.69) is 30.0 Å². The number of hydrogen-bond acceptors (Lipinski definition) is 5. The van der Waals surface area contributed by atoms with Gasteiger partial charge in [-0.1, -0.05) is 30.3 Å². The zero-order valence-electron chi connectivity index (χ0n) is 16.6. The first kappa shape index (κ1) is 18.6. The van der Waals surface area contributed by atoms with Crippen LogP contribution in [0.4, 0.5) is 0 Å². The fourth-order valence-corrected chi connectivity index (χ4v) is 5.70. The van der Waals surface area contributed by atoms with E-state index in [1.807, 2.05) is 23.1 Å². The zero-order valence-corrected chi connectivity index (χ0v) is 16.6. The molecule has 3 heterocycles. The smallest absolute Gasteiger partial charge is 0.242 e. The average Bonchev–Trinajstić information content (AvgIpc) is 3.07. The molecule has 3 aliphatic heterocycles. The molecular weight excluding hydrogens is 366 g/mol. The maximum absolute atomic E-state index is 13.1. The monoisotopic (exact) mass is 393 g/mol. The van der Waals surface area contributed by atoms with Crippen LogP contribution in [0.25, 0.3) is 0 Å². The van der Waals surface area contributed by atoms with Crippen molar-refractivity contribution in [2.45, 2.75) is 62.4 Å². The highest BCUT2D eigenvalue weighted by atomic mass is 16.2. The van der Waals surface area contributed by atoms with Crippen LogP contribution in [-0.4, -0.2) is 69.8 Å². The molecule has 4 fully saturated rings. The second-order valence-corrected chi connectivity index (χ2v) is 8.99. The summed E-state index contributed by atoms with van der Waals surface area (Å²) in [5, 5.41) is 9.34. The molecule has 2 amide bonds. The van der Waals surface area contributed by atoms with Crippen molar-refractivity contribution in [1.82, 2.24) is 14.7 Å². The summed E-state index contributed by atoms with van der Waals surface area (Å²) in [6.45, 7) is 3.21. The van der Waals surface area contributed by atoms with E-state index in [1.54, 1.807) is 4.90 Å². The molecule has 0 radical (unpaired) electrons. The van der Waals surface area contributed by atoms with Crippen LogP contribution in [0.2, 0.25) is 0 Å². The molecule has 0 spiro atoms. The number of carbonyl (C=O) groups excluding carboxylic acids is 2. The Morgan fingerprint density at radius 3 is 2.72 bits per heavy atom. The first-order valence-corrected chi connectivity index (χ1v) is 10.6. The molecule has 4 aliphatic rings. The van der Waals surface area contributed by atoms with Gasteiger partial charge in [0.1, 0.15) is 6.04 Å². The maximum Gasteiger partial charge on any atom is 0.242 e. The number of likely N-dealkylation sites (tertiary alicyclic amines) is 3. The molecule has 29 heavy (non-hydrogen) atoms. The number of fused-ring (bicyclic) bond motifs is 3. The lowest BCUT2D eigenvalue weighted by atomic mass is 10.1. The molecule has 5 rings (SSSR count). The predicted octanol–water partition coefficient (Wildman–Crippen LogP) is 0.873. The quantitative estimate of drug-likeness (QED) is 0.801. The second-order valence-electron chi connectivity index (χ2n) is 8.99. The Labute approximate surface area is 171 Å². The molecule has 1 aliphatic carbocycles. The first-order valence-electron chi connectivity index (χ1n) is 10.6. The average molecular weight is 393 g/mol. The lowest BCUT2D eigenvalue weighted by molar-refractivity contribution is -0.141. The summed E-state index contributed by atoms with van der Waals surface area (Å²) in [6, 6.07) is 11.5. The number of hydrogen-bond donors (Lipinski definition) is 1. The number of nitrogens with two attached hydrogens (primary N) is 1. The van der Waals surface area contributed by atoms with E-state index in [9.17, 15) is 14.9 Å². The van der Waals surface area contributed by atoms with Crippen molar-refractivity contribution in [1.29, 1.82) is 5.26 Å². The second kappa shape index (κ2) is 6.82. The Kier molecular flexibility index (Phi) is 4.37. The minimum atomic E-state index is -0.683. The Bertz CT molecular complexity index is 868. The maximum atomic E-state index is 13.1. The van der Waals surface area contributed by atoms with Crippen molar-refractivity contribution in [3.63, 3.8) is 0 Å². The number of carbonyl (C=O) groups is 2. The highest BCUT2D eigenvalue weighted by Gasteiger charge is 2.56. The van der Waals surface area contributed by atoms with Crippen LogP contribution >= 0.6 is 0 Å². The van der Waals surface area contributed by atoms with E-state index in [0.29, 0.717) is 12.5 Å². The lowest BCUT2D eigenvalue weighted by Crippen LogP contribution is -2.57.